The molecular formula is C20H21FN4. The number of hydrogen-bond donors (Lipinski definition) is 2. The van der Waals surface area contributed by atoms with Crippen LogP contribution in [-0.2, 0) is 0 Å². The van der Waals surface area contributed by atoms with E-state index in [-0.39, 0.29) is 5.82 Å². The molecule has 3 rings (SSSR count). The zero-order valence-electron chi connectivity index (χ0n) is 14.8. The van der Waals surface area contributed by atoms with E-state index in [4.69, 9.17) is 0 Å². The number of aryl methyl sites for hydroxylation is 4. The van der Waals surface area contributed by atoms with Crippen molar-refractivity contribution in [3.05, 3.63) is 70.7 Å². The Kier molecular flexibility index (Phi) is 4.65. The van der Waals surface area contributed by atoms with Gasteiger partial charge in [0.15, 0.2) is 0 Å². The lowest BCUT2D eigenvalue weighted by atomic mass is 10.1. The lowest BCUT2D eigenvalue weighted by molar-refractivity contribution is 0.628. The van der Waals surface area contributed by atoms with E-state index in [2.05, 4.69) is 53.5 Å². The highest BCUT2D eigenvalue weighted by molar-refractivity contribution is 5.66. The molecule has 25 heavy (non-hydrogen) atoms. The van der Waals surface area contributed by atoms with Crippen LogP contribution in [0.4, 0.5) is 27.5 Å². The van der Waals surface area contributed by atoms with E-state index in [1.807, 2.05) is 13.0 Å². The molecular weight excluding hydrogens is 315 g/mol. The molecule has 128 valence electrons. The minimum atomic E-state index is -0.275. The van der Waals surface area contributed by atoms with Gasteiger partial charge in [0, 0.05) is 23.1 Å². The van der Waals surface area contributed by atoms with E-state index in [9.17, 15) is 4.39 Å². The number of aromatic nitrogens is 2. The first-order valence-electron chi connectivity index (χ1n) is 8.14. The fourth-order valence-corrected chi connectivity index (χ4v) is 2.86. The van der Waals surface area contributed by atoms with Crippen molar-refractivity contribution in [1.29, 1.82) is 0 Å². The number of hydrogen-bond acceptors (Lipinski definition) is 4. The fourth-order valence-electron chi connectivity index (χ4n) is 2.86. The predicted molar refractivity (Wildman–Crippen MR) is 100 cm³/mol. The van der Waals surface area contributed by atoms with Crippen molar-refractivity contribution >= 4 is 23.1 Å². The van der Waals surface area contributed by atoms with Crippen molar-refractivity contribution in [3.8, 4) is 0 Å². The molecule has 0 amide bonds. The van der Waals surface area contributed by atoms with Crippen LogP contribution in [0.2, 0.25) is 0 Å². The van der Waals surface area contributed by atoms with Crippen molar-refractivity contribution in [2.45, 2.75) is 27.7 Å². The van der Waals surface area contributed by atoms with E-state index in [1.165, 1.54) is 28.8 Å². The van der Waals surface area contributed by atoms with Crippen LogP contribution >= 0.6 is 0 Å². The van der Waals surface area contributed by atoms with Crippen LogP contribution in [0.5, 0.6) is 0 Å². The van der Waals surface area contributed by atoms with Crippen LogP contribution in [0, 0.1) is 33.5 Å². The first-order chi connectivity index (χ1) is 11.9. The van der Waals surface area contributed by atoms with Gasteiger partial charge in [-0.1, -0.05) is 17.7 Å². The van der Waals surface area contributed by atoms with E-state index in [0.29, 0.717) is 11.8 Å². The van der Waals surface area contributed by atoms with Gasteiger partial charge in [0.25, 0.3) is 0 Å². The van der Waals surface area contributed by atoms with Crippen LogP contribution in [0.15, 0.2) is 42.5 Å². The van der Waals surface area contributed by atoms with Gasteiger partial charge in [-0.25, -0.2) is 9.37 Å². The molecule has 2 aromatic carbocycles. The molecule has 0 aliphatic heterocycles. The molecule has 1 heterocycles. The fraction of sp³-hybridized carbons (Fsp3) is 0.200. The summed E-state index contributed by atoms with van der Waals surface area (Å²) >= 11 is 0. The average Bonchev–Trinajstić information content (AvgIpc) is 2.52. The molecule has 0 radical (unpaired) electrons. The highest BCUT2D eigenvalue weighted by Crippen LogP contribution is 2.26. The van der Waals surface area contributed by atoms with Gasteiger partial charge >= 0.3 is 0 Å². The SMILES string of the molecule is Cc1cc(C)c(Nc2cc(C)nc(Nc3ccc(F)cc3)n2)c(C)c1. The highest BCUT2D eigenvalue weighted by atomic mass is 19.1. The van der Waals surface area contributed by atoms with Crippen LogP contribution in [0.3, 0.4) is 0 Å². The topological polar surface area (TPSA) is 49.8 Å². The standard InChI is InChI=1S/C20H21FN4/c1-12-9-13(2)19(14(3)10-12)24-18-11-15(4)22-20(25-18)23-17-7-5-16(21)6-8-17/h5-11H,1-4H3,(H2,22,23,24,25). The zero-order chi connectivity index (χ0) is 18.0. The van der Waals surface area contributed by atoms with Crippen LogP contribution < -0.4 is 10.6 Å². The molecule has 0 atom stereocenters. The molecule has 4 nitrogen and oxygen atoms in total. The van der Waals surface area contributed by atoms with Gasteiger partial charge in [0.2, 0.25) is 5.95 Å². The predicted octanol–water partition coefficient (Wildman–Crippen LogP) is 5.34. The monoisotopic (exact) mass is 336 g/mol. The third kappa shape index (κ3) is 4.12. The van der Waals surface area contributed by atoms with Crippen LogP contribution in [0.25, 0.3) is 0 Å². The quantitative estimate of drug-likeness (QED) is 0.675. The van der Waals surface area contributed by atoms with E-state index >= 15 is 0 Å². The Balaban J connectivity index is 1.88. The van der Waals surface area contributed by atoms with Crippen molar-refractivity contribution in [1.82, 2.24) is 9.97 Å². The van der Waals surface area contributed by atoms with Gasteiger partial charge in [0.05, 0.1) is 0 Å². The molecule has 0 fully saturated rings. The van der Waals surface area contributed by atoms with E-state index in [1.54, 1.807) is 12.1 Å². The smallest absolute Gasteiger partial charge is 0.229 e. The lowest BCUT2D eigenvalue weighted by Gasteiger charge is -2.14. The maximum atomic E-state index is 13.0. The molecule has 0 unspecified atom stereocenters. The number of halogens is 1. The third-order valence-electron chi connectivity index (χ3n) is 3.88. The number of nitrogens with one attached hydrogen (secondary N) is 2. The molecule has 0 spiro atoms. The highest BCUT2D eigenvalue weighted by Gasteiger charge is 2.08. The Bertz CT molecular complexity index is 881. The number of rotatable bonds is 4. The summed E-state index contributed by atoms with van der Waals surface area (Å²) in [4.78, 5) is 8.92. The first kappa shape index (κ1) is 16.9. The second-order valence-corrected chi connectivity index (χ2v) is 6.25. The Labute approximate surface area is 147 Å². The molecule has 0 saturated heterocycles. The molecule has 2 N–H and O–H groups in total. The first-order valence-corrected chi connectivity index (χ1v) is 8.14. The second kappa shape index (κ2) is 6.89. The maximum Gasteiger partial charge on any atom is 0.229 e. The Morgan fingerprint density at radius 2 is 1.44 bits per heavy atom. The number of nitrogens with zero attached hydrogens (tertiary/aromatic N) is 2. The van der Waals surface area contributed by atoms with Crippen molar-refractivity contribution < 1.29 is 4.39 Å². The minimum Gasteiger partial charge on any atom is -0.340 e. The lowest BCUT2D eigenvalue weighted by Crippen LogP contribution is -2.04. The Morgan fingerprint density at radius 3 is 2.08 bits per heavy atom. The van der Waals surface area contributed by atoms with Gasteiger partial charge in [0.1, 0.15) is 11.6 Å². The number of anilines is 4. The summed E-state index contributed by atoms with van der Waals surface area (Å²) in [5.74, 6) is 0.909. The summed E-state index contributed by atoms with van der Waals surface area (Å²) in [6.45, 7) is 8.16. The third-order valence-corrected chi connectivity index (χ3v) is 3.88. The maximum absolute atomic E-state index is 13.0. The summed E-state index contributed by atoms with van der Waals surface area (Å²) < 4.78 is 13.0. The van der Waals surface area contributed by atoms with Crippen molar-refractivity contribution in [2.75, 3.05) is 10.6 Å². The summed E-state index contributed by atoms with van der Waals surface area (Å²) in [6.07, 6.45) is 0. The van der Waals surface area contributed by atoms with Gasteiger partial charge in [-0.3, -0.25) is 0 Å². The van der Waals surface area contributed by atoms with Crippen LogP contribution in [0.1, 0.15) is 22.4 Å². The summed E-state index contributed by atoms with van der Waals surface area (Å²) in [5.41, 5.74) is 6.20. The molecule has 5 heteroatoms. The van der Waals surface area contributed by atoms with Crippen molar-refractivity contribution in [2.24, 2.45) is 0 Å². The van der Waals surface area contributed by atoms with Crippen molar-refractivity contribution in [3.63, 3.8) is 0 Å². The van der Waals surface area contributed by atoms with Gasteiger partial charge in [-0.15, -0.1) is 0 Å². The molecule has 3 aromatic rings. The minimum absolute atomic E-state index is 0.275. The summed E-state index contributed by atoms with van der Waals surface area (Å²) in [5, 5.41) is 6.50. The Morgan fingerprint density at radius 1 is 0.800 bits per heavy atom. The largest absolute Gasteiger partial charge is 0.340 e. The van der Waals surface area contributed by atoms with E-state index < -0.39 is 0 Å². The second-order valence-electron chi connectivity index (χ2n) is 6.25. The summed E-state index contributed by atoms with van der Waals surface area (Å²) in [6, 6.07) is 12.3. The molecule has 0 saturated carbocycles. The van der Waals surface area contributed by atoms with Crippen LogP contribution in [-0.4, -0.2) is 9.97 Å². The molecule has 0 aliphatic rings. The molecule has 1 aromatic heterocycles. The van der Waals surface area contributed by atoms with Gasteiger partial charge in [-0.2, -0.15) is 4.98 Å². The van der Waals surface area contributed by atoms with E-state index in [0.717, 1.165) is 17.1 Å². The zero-order valence-corrected chi connectivity index (χ0v) is 14.8. The molecule has 0 aliphatic carbocycles. The number of benzene rings is 2. The van der Waals surface area contributed by atoms with Gasteiger partial charge < -0.3 is 10.6 Å². The van der Waals surface area contributed by atoms with Gasteiger partial charge in [-0.05, 0) is 63.1 Å². The Hall–Kier alpha value is -2.95. The molecule has 0 bridgehead atoms. The summed E-state index contributed by atoms with van der Waals surface area (Å²) in [7, 11) is 0. The average molecular weight is 336 g/mol. The normalized spacial score (nSPS) is 10.6.